The average molecular weight is 280 g/mol. The molecule has 0 saturated heterocycles. The summed E-state index contributed by atoms with van der Waals surface area (Å²) in [7, 11) is 0. The number of hydrogen-bond donors (Lipinski definition) is 2. The van der Waals surface area contributed by atoms with E-state index in [1.54, 1.807) is 12.3 Å². The molecule has 0 unspecified atom stereocenters. The Morgan fingerprint density at radius 1 is 1.40 bits per heavy atom. The lowest BCUT2D eigenvalue weighted by Gasteiger charge is -2.12. The van der Waals surface area contributed by atoms with E-state index < -0.39 is 5.97 Å². The molecule has 1 aromatic heterocycles. The molecule has 20 heavy (non-hydrogen) atoms. The van der Waals surface area contributed by atoms with E-state index in [-0.39, 0.29) is 18.1 Å². The molecule has 0 spiro atoms. The third-order valence-corrected chi connectivity index (χ3v) is 3.44. The highest BCUT2D eigenvalue weighted by Crippen LogP contribution is 2.20. The number of amides is 1. The Balaban J connectivity index is 1.67. The van der Waals surface area contributed by atoms with Crippen molar-refractivity contribution in [3.8, 4) is 0 Å². The summed E-state index contributed by atoms with van der Waals surface area (Å²) in [5.41, 5.74) is 0.113. The van der Waals surface area contributed by atoms with Crippen molar-refractivity contribution in [3.05, 3.63) is 24.0 Å². The van der Waals surface area contributed by atoms with Gasteiger partial charge in [0.2, 0.25) is 5.91 Å². The van der Waals surface area contributed by atoms with Crippen LogP contribution in [-0.2, 0) is 16.1 Å². The molecule has 6 heteroatoms. The first kappa shape index (κ1) is 14.6. The number of carboxylic acids is 1. The molecular formula is C14H20N2O4. The van der Waals surface area contributed by atoms with Crippen molar-refractivity contribution < 1.29 is 19.4 Å². The summed E-state index contributed by atoms with van der Waals surface area (Å²) >= 11 is 0. The minimum atomic E-state index is -1.03. The number of aromatic carboxylic acids is 1. The molecule has 2 N–H and O–H groups in total. The largest absolute Gasteiger partial charge is 0.477 e. The Bertz CT molecular complexity index is 463. The topological polar surface area (TPSA) is 80.6 Å². The summed E-state index contributed by atoms with van der Waals surface area (Å²) in [6.07, 6.45) is 6.59. The van der Waals surface area contributed by atoms with Crippen LogP contribution in [0.3, 0.4) is 0 Å². The molecule has 1 aliphatic rings. The van der Waals surface area contributed by atoms with Gasteiger partial charge in [-0.3, -0.25) is 4.79 Å². The normalized spacial score (nSPS) is 15.4. The van der Waals surface area contributed by atoms with Gasteiger partial charge in [0, 0.05) is 12.7 Å². The smallest absolute Gasteiger partial charge is 0.352 e. The first-order chi connectivity index (χ1) is 9.66. The van der Waals surface area contributed by atoms with Gasteiger partial charge in [0.25, 0.3) is 0 Å². The predicted octanol–water partition coefficient (Wildman–Crippen LogP) is 1.26. The van der Waals surface area contributed by atoms with E-state index in [9.17, 15) is 9.59 Å². The molecule has 0 bridgehead atoms. The van der Waals surface area contributed by atoms with Gasteiger partial charge in [-0.25, -0.2) is 4.79 Å². The lowest BCUT2D eigenvalue weighted by molar-refractivity contribution is -0.122. The van der Waals surface area contributed by atoms with Crippen molar-refractivity contribution in [2.45, 2.75) is 38.3 Å². The molecule has 0 radical (unpaired) electrons. The molecule has 0 aromatic carbocycles. The molecule has 1 aliphatic carbocycles. The van der Waals surface area contributed by atoms with E-state index in [4.69, 9.17) is 9.84 Å². The van der Waals surface area contributed by atoms with Crippen molar-refractivity contribution >= 4 is 11.9 Å². The van der Waals surface area contributed by atoms with Crippen LogP contribution in [0.15, 0.2) is 18.3 Å². The number of carboxylic acid groups (broad SMARTS) is 1. The molecule has 0 atom stereocenters. The van der Waals surface area contributed by atoms with E-state index in [0.717, 1.165) is 12.8 Å². The van der Waals surface area contributed by atoms with Crippen molar-refractivity contribution in [2.24, 2.45) is 0 Å². The van der Waals surface area contributed by atoms with Crippen molar-refractivity contribution in [2.75, 3.05) is 13.2 Å². The van der Waals surface area contributed by atoms with Crippen molar-refractivity contribution in [3.63, 3.8) is 0 Å². The second-order valence-electron chi connectivity index (χ2n) is 4.95. The number of nitrogens with one attached hydrogen (secondary N) is 1. The SMILES string of the molecule is O=C(Cn1cccc1C(=O)O)NCCOC1CCCC1. The quantitative estimate of drug-likeness (QED) is 0.737. The fourth-order valence-corrected chi connectivity index (χ4v) is 2.43. The zero-order valence-corrected chi connectivity index (χ0v) is 11.4. The standard InChI is InChI=1S/C14H20N2O4/c17-13(10-16-8-3-6-12(16)14(18)19)15-7-9-20-11-4-1-2-5-11/h3,6,8,11H,1-2,4-5,7,9-10H2,(H,15,17)(H,18,19). The number of carbonyl (C=O) groups excluding carboxylic acids is 1. The Kier molecular flexibility index (Phi) is 5.17. The van der Waals surface area contributed by atoms with Crippen LogP contribution in [0.5, 0.6) is 0 Å². The second kappa shape index (κ2) is 7.09. The van der Waals surface area contributed by atoms with Crippen molar-refractivity contribution in [1.82, 2.24) is 9.88 Å². The van der Waals surface area contributed by atoms with Gasteiger partial charge in [0.05, 0.1) is 12.7 Å². The van der Waals surface area contributed by atoms with Crippen LogP contribution in [0.25, 0.3) is 0 Å². The molecule has 110 valence electrons. The second-order valence-corrected chi connectivity index (χ2v) is 4.95. The summed E-state index contributed by atoms with van der Waals surface area (Å²) in [6, 6.07) is 3.08. The van der Waals surface area contributed by atoms with Crippen LogP contribution in [0.2, 0.25) is 0 Å². The maximum absolute atomic E-state index is 11.7. The zero-order chi connectivity index (χ0) is 14.4. The summed E-state index contributed by atoms with van der Waals surface area (Å²) in [4.78, 5) is 22.6. The fraction of sp³-hybridized carbons (Fsp3) is 0.571. The molecule has 1 aromatic rings. The molecular weight excluding hydrogens is 260 g/mol. The highest BCUT2D eigenvalue weighted by Gasteiger charge is 2.15. The van der Waals surface area contributed by atoms with Gasteiger partial charge < -0.3 is 19.7 Å². The summed E-state index contributed by atoms with van der Waals surface area (Å²) in [6.45, 7) is 0.977. The van der Waals surface area contributed by atoms with E-state index in [2.05, 4.69) is 5.32 Å². The predicted molar refractivity (Wildman–Crippen MR) is 72.6 cm³/mol. The first-order valence-corrected chi connectivity index (χ1v) is 6.93. The molecule has 2 rings (SSSR count). The minimum Gasteiger partial charge on any atom is -0.477 e. The molecule has 1 amide bonds. The molecule has 1 saturated carbocycles. The van der Waals surface area contributed by atoms with E-state index in [1.807, 2.05) is 0 Å². The monoisotopic (exact) mass is 280 g/mol. The van der Waals surface area contributed by atoms with Gasteiger partial charge in [0.15, 0.2) is 0 Å². The Labute approximate surface area is 117 Å². The van der Waals surface area contributed by atoms with Crippen LogP contribution in [0.4, 0.5) is 0 Å². The van der Waals surface area contributed by atoms with Gasteiger partial charge in [-0.05, 0) is 25.0 Å². The minimum absolute atomic E-state index is 0.0120. The lowest BCUT2D eigenvalue weighted by Crippen LogP contribution is -2.31. The molecule has 0 aliphatic heterocycles. The third-order valence-electron chi connectivity index (χ3n) is 3.44. The average Bonchev–Trinajstić information content (AvgIpc) is 3.05. The zero-order valence-electron chi connectivity index (χ0n) is 11.4. The number of carbonyl (C=O) groups is 2. The third kappa shape index (κ3) is 4.09. The fourth-order valence-electron chi connectivity index (χ4n) is 2.43. The molecule has 6 nitrogen and oxygen atoms in total. The Morgan fingerprint density at radius 2 is 2.15 bits per heavy atom. The van der Waals surface area contributed by atoms with Crippen LogP contribution >= 0.6 is 0 Å². The lowest BCUT2D eigenvalue weighted by atomic mass is 10.3. The maximum atomic E-state index is 11.7. The maximum Gasteiger partial charge on any atom is 0.352 e. The van der Waals surface area contributed by atoms with Crippen LogP contribution in [0, 0.1) is 0 Å². The van der Waals surface area contributed by atoms with Crippen LogP contribution < -0.4 is 5.32 Å². The van der Waals surface area contributed by atoms with Gasteiger partial charge in [-0.15, -0.1) is 0 Å². The van der Waals surface area contributed by atoms with Crippen molar-refractivity contribution in [1.29, 1.82) is 0 Å². The number of nitrogens with zero attached hydrogens (tertiary/aromatic N) is 1. The number of rotatable bonds is 7. The summed E-state index contributed by atoms with van der Waals surface area (Å²) < 4.78 is 7.05. The van der Waals surface area contributed by atoms with Gasteiger partial charge in [0.1, 0.15) is 12.2 Å². The Hall–Kier alpha value is -1.82. The Morgan fingerprint density at radius 3 is 2.85 bits per heavy atom. The summed E-state index contributed by atoms with van der Waals surface area (Å²) in [5.74, 6) is -1.24. The van der Waals surface area contributed by atoms with E-state index in [1.165, 1.54) is 23.5 Å². The first-order valence-electron chi connectivity index (χ1n) is 6.93. The van der Waals surface area contributed by atoms with E-state index >= 15 is 0 Å². The van der Waals surface area contributed by atoms with Crippen LogP contribution in [0.1, 0.15) is 36.2 Å². The number of ether oxygens (including phenoxy) is 1. The van der Waals surface area contributed by atoms with Gasteiger partial charge >= 0.3 is 5.97 Å². The van der Waals surface area contributed by atoms with E-state index in [0.29, 0.717) is 19.3 Å². The van der Waals surface area contributed by atoms with Crippen LogP contribution in [-0.4, -0.2) is 40.8 Å². The van der Waals surface area contributed by atoms with Gasteiger partial charge in [-0.1, -0.05) is 12.8 Å². The summed E-state index contributed by atoms with van der Waals surface area (Å²) in [5, 5.41) is 11.7. The number of hydrogen-bond acceptors (Lipinski definition) is 3. The molecule has 1 heterocycles. The highest BCUT2D eigenvalue weighted by molar-refractivity contribution is 5.86. The highest BCUT2D eigenvalue weighted by atomic mass is 16.5. The molecule has 1 fully saturated rings. The van der Waals surface area contributed by atoms with Gasteiger partial charge in [-0.2, -0.15) is 0 Å². The number of aromatic nitrogens is 1.